The standard InChI is InChI=1S/C24H31N7O4/c1-24(35-4)8-7-18(24)28-22(32)16-13-26-31-20(25-2)12-19(29-21(16)31)27-17-6-5-9-30(23(17)33)14-10-15(11-14)34-3/h5-6,9,12-15,18,25H,7-8,10-11H2,1-4H3,(H,27,29)(H,28,32)/t14-,15+,18-,24-/m0/s1. The number of ether oxygens (including phenoxy) is 2. The van der Waals surface area contributed by atoms with Crippen LogP contribution in [-0.2, 0) is 9.47 Å². The zero-order valence-corrected chi connectivity index (χ0v) is 20.4. The summed E-state index contributed by atoms with van der Waals surface area (Å²) in [6.45, 7) is 1.99. The van der Waals surface area contributed by atoms with Crippen molar-refractivity contribution in [2.24, 2.45) is 0 Å². The number of fused-ring (bicyclic) bond motifs is 1. The van der Waals surface area contributed by atoms with Crippen LogP contribution in [0.3, 0.4) is 0 Å². The molecule has 0 bridgehead atoms. The normalized spacial score (nSPS) is 25.5. The van der Waals surface area contributed by atoms with Gasteiger partial charge in [0, 0.05) is 39.6 Å². The van der Waals surface area contributed by atoms with Gasteiger partial charge in [0.05, 0.1) is 23.9 Å². The van der Waals surface area contributed by atoms with Gasteiger partial charge >= 0.3 is 0 Å². The smallest absolute Gasteiger partial charge is 0.274 e. The van der Waals surface area contributed by atoms with E-state index in [4.69, 9.17) is 9.47 Å². The van der Waals surface area contributed by atoms with Crippen molar-refractivity contribution in [2.75, 3.05) is 31.9 Å². The van der Waals surface area contributed by atoms with Crippen molar-refractivity contribution in [3.05, 3.63) is 46.5 Å². The maximum atomic E-state index is 13.1. The molecule has 5 rings (SSSR count). The lowest BCUT2D eigenvalue weighted by Crippen LogP contribution is -2.59. The van der Waals surface area contributed by atoms with Gasteiger partial charge in [0.1, 0.15) is 22.9 Å². The Morgan fingerprint density at radius 1 is 1.29 bits per heavy atom. The molecule has 0 unspecified atom stereocenters. The van der Waals surface area contributed by atoms with Crippen LogP contribution in [0.2, 0.25) is 0 Å². The molecule has 3 N–H and O–H groups in total. The molecule has 2 fully saturated rings. The Labute approximate surface area is 202 Å². The Bertz CT molecular complexity index is 1310. The minimum absolute atomic E-state index is 0.0768. The molecule has 3 heterocycles. The highest BCUT2D eigenvalue weighted by atomic mass is 16.5. The van der Waals surface area contributed by atoms with Gasteiger partial charge in [-0.15, -0.1) is 0 Å². The number of methoxy groups -OCH3 is 2. The minimum Gasteiger partial charge on any atom is -0.381 e. The molecular formula is C24H31N7O4. The SMILES string of the molecule is CNc1cc(Nc2cccn([C@H]3C[C@@H](OC)C3)c2=O)nc2c(C(=O)N[C@H]3CC[C@]3(C)OC)cnn12. The third kappa shape index (κ3) is 4.04. The zero-order chi connectivity index (χ0) is 24.7. The van der Waals surface area contributed by atoms with Gasteiger partial charge in [-0.05, 0) is 44.7 Å². The van der Waals surface area contributed by atoms with Crippen molar-refractivity contribution in [2.45, 2.75) is 56.4 Å². The number of hydrogen-bond acceptors (Lipinski definition) is 8. The highest BCUT2D eigenvalue weighted by Gasteiger charge is 2.44. The van der Waals surface area contributed by atoms with E-state index in [-0.39, 0.29) is 35.3 Å². The number of pyridine rings is 1. The van der Waals surface area contributed by atoms with Crippen LogP contribution in [0.15, 0.2) is 35.4 Å². The van der Waals surface area contributed by atoms with Gasteiger partial charge in [0.25, 0.3) is 11.5 Å². The Hall–Kier alpha value is -3.44. The summed E-state index contributed by atoms with van der Waals surface area (Å²) in [7, 11) is 5.11. The van der Waals surface area contributed by atoms with Crippen LogP contribution < -0.4 is 21.5 Å². The fraction of sp³-hybridized carbons (Fsp3) is 0.500. The van der Waals surface area contributed by atoms with E-state index >= 15 is 0 Å². The van der Waals surface area contributed by atoms with Gasteiger partial charge in [-0.3, -0.25) is 9.59 Å². The fourth-order valence-electron chi connectivity index (χ4n) is 4.75. The maximum Gasteiger partial charge on any atom is 0.274 e. The molecule has 0 spiro atoms. The van der Waals surface area contributed by atoms with E-state index < -0.39 is 0 Å². The van der Waals surface area contributed by atoms with Crippen LogP contribution in [0.4, 0.5) is 17.3 Å². The lowest BCUT2D eigenvalue weighted by atomic mass is 9.76. The van der Waals surface area contributed by atoms with Crippen LogP contribution in [0.25, 0.3) is 5.65 Å². The fourth-order valence-corrected chi connectivity index (χ4v) is 4.75. The van der Waals surface area contributed by atoms with Gasteiger partial charge in [-0.25, -0.2) is 4.98 Å². The molecule has 3 aromatic rings. The quantitative estimate of drug-likeness (QED) is 0.448. The van der Waals surface area contributed by atoms with Crippen molar-refractivity contribution in [1.29, 1.82) is 0 Å². The lowest BCUT2D eigenvalue weighted by Gasteiger charge is -2.45. The van der Waals surface area contributed by atoms with E-state index in [1.807, 2.05) is 13.0 Å². The third-order valence-corrected chi connectivity index (χ3v) is 7.44. The van der Waals surface area contributed by atoms with Gasteiger partial charge in [0.15, 0.2) is 5.65 Å². The van der Waals surface area contributed by atoms with Gasteiger partial charge < -0.3 is 30.0 Å². The predicted octanol–water partition coefficient (Wildman–Crippen LogP) is 2.32. The van der Waals surface area contributed by atoms with E-state index in [9.17, 15) is 9.59 Å². The van der Waals surface area contributed by atoms with Crippen molar-refractivity contribution in [3.8, 4) is 0 Å². The maximum absolute atomic E-state index is 13.1. The molecule has 0 aliphatic heterocycles. The predicted molar refractivity (Wildman–Crippen MR) is 131 cm³/mol. The highest BCUT2D eigenvalue weighted by molar-refractivity contribution is 6.00. The first-order chi connectivity index (χ1) is 16.9. The number of hydrogen-bond donors (Lipinski definition) is 3. The lowest BCUT2D eigenvalue weighted by molar-refractivity contribution is -0.0828. The van der Waals surface area contributed by atoms with Crippen LogP contribution in [0, 0.1) is 0 Å². The van der Waals surface area contributed by atoms with E-state index in [0.717, 1.165) is 25.7 Å². The Morgan fingerprint density at radius 2 is 2.09 bits per heavy atom. The summed E-state index contributed by atoms with van der Waals surface area (Å²) < 4.78 is 14.2. The highest BCUT2D eigenvalue weighted by Crippen LogP contribution is 2.35. The summed E-state index contributed by atoms with van der Waals surface area (Å²) in [4.78, 5) is 30.8. The molecule has 11 nitrogen and oxygen atoms in total. The Morgan fingerprint density at radius 3 is 2.74 bits per heavy atom. The monoisotopic (exact) mass is 481 g/mol. The molecule has 186 valence electrons. The molecule has 0 saturated heterocycles. The molecular weight excluding hydrogens is 450 g/mol. The second-order valence-electron chi connectivity index (χ2n) is 9.39. The van der Waals surface area contributed by atoms with Crippen LogP contribution in [-0.4, -0.2) is 64.1 Å². The molecule has 0 radical (unpaired) electrons. The topological polar surface area (TPSA) is 124 Å². The number of rotatable bonds is 8. The second-order valence-corrected chi connectivity index (χ2v) is 9.39. The molecule has 35 heavy (non-hydrogen) atoms. The van der Waals surface area contributed by atoms with E-state index in [2.05, 4.69) is 26.0 Å². The minimum atomic E-state index is -0.369. The molecule has 0 aromatic carbocycles. The van der Waals surface area contributed by atoms with E-state index in [0.29, 0.717) is 28.5 Å². The number of carbonyl (C=O) groups is 1. The molecule has 2 aliphatic rings. The molecule has 3 aromatic heterocycles. The van der Waals surface area contributed by atoms with E-state index in [1.165, 1.54) is 6.20 Å². The number of nitrogens with one attached hydrogen (secondary N) is 3. The third-order valence-electron chi connectivity index (χ3n) is 7.44. The Kier molecular flexibility index (Phi) is 5.97. The first kappa shape index (κ1) is 23.3. The Balaban J connectivity index is 1.43. The molecule has 2 aliphatic carbocycles. The molecule has 11 heteroatoms. The van der Waals surface area contributed by atoms with Gasteiger partial charge in [-0.2, -0.15) is 9.61 Å². The largest absolute Gasteiger partial charge is 0.381 e. The second kappa shape index (κ2) is 8.97. The number of nitrogens with zero attached hydrogens (tertiary/aromatic N) is 4. The van der Waals surface area contributed by atoms with Crippen LogP contribution >= 0.6 is 0 Å². The molecule has 2 saturated carbocycles. The average molecular weight is 482 g/mol. The zero-order valence-electron chi connectivity index (χ0n) is 20.4. The summed E-state index contributed by atoms with van der Waals surface area (Å²) in [5, 5.41) is 13.6. The van der Waals surface area contributed by atoms with Crippen LogP contribution in [0.1, 0.15) is 49.0 Å². The van der Waals surface area contributed by atoms with Crippen LogP contribution in [0.5, 0.6) is 0 Å². The van der Waals surface area contributed by atoms with Crippen molar-refractivity contribution < 1.29 is 14.3 Å². The van der Waals surface area contributed by atoms with Gasteiger partial charge in [0.2, 0.25) is 0 Å². The number of amides is 1. The first-order valence-electron chi connectivity index (χ1n) is 11.8. The van der Waals surface area contributed by atoms with Crippen molar-refractivity contribution >= 4 is 28.9 Å². The summed E-state index contributed by atoms with van der Waals surface area (Å²) >= 11 is 0. The summed E-state index contributed by atoms with van der Waals surface area (Å²) in [5.74, 6) is 0.791. The summed E-state index contributed by atoms with van der Waals surface area (Å²) in [6.07, 6.45) is 6.86. The summed E-state index contributed by atoms with van der Waals surface area (Å²) in [5.41, 5.74) is 0.638. The molecule has 1 amide bonds. The first-order valence-corrected chi connectivity index (χ1v) is 11.8. The van der Waals surface area contributed by atoms with Crippen molar-refractivity contribution in [3.63, 3.8) is 0 Å². The number of anilines is 3. The van der Waals surface area contributed by atoms with E-state index in [1.54, 1.807) is 48.7 Å². The average Bonchev–Trinajstić information content (AvgIpc) is 3.26. The molecule has 2 atom stereocenters. The number of aromatic nitrogens is 4. The summed E-state index contributed by atoms with van der Waals surface area (Å²) in [6, 6.07) is 5.35. The van der Waals surface area contributed by atoms with Crippen molar-refractivity contribution in [1.82, 2.24) is 24.5 Å². The number of carbonyl (C=O) groups excluding carboxylic acids is 1. The van der Waals surface area contributed by atoms with Gasteiger partial charge in [-0.1, -0.05) is 0 Å².